The van der Waals surface area contributed by atoms with Gasteiger partial charge in [0.25, 0.3) is 5.91 Å². The van der Waals surface area contributed by atoms with Crippen molar-refractivity contribution in [2.45, 2.75) is 6.92 Å². The number of amides is 1. The van der Waals surface area contributed by atoms with E-state index in [1.165, 1.54) is 18.2 Å². The van der Waals surface area contributed by atoms with Gasteiger partial charge in [0.2, 0.25) is 0 Å². The molecular formula is C15H14FN3O2. The topological polar surface area (TPSA) is 87.7 Å². The molecule has 0 aromatic heterocycles. The molecule has 0 saturated carbocycles. The van der Waals surface area contributed by atoms with Gasteiger partial charge in [0, 0.05) is 11.3 Å². The molecule has 0 bridgehead atoms. The molecule has 0 heterocycles. The van der Waals surface area contributed by atoms with Crippen molar-refractivity contribution >= 4 is 17.4 Å². The zero-order chi connectivity index (χ0) is 15.4. The fourth-order valence-corrected chi connectivity index (χ4v) is 1.83. The average molecular weight is 287 g/mol. The van der Waals surface area contributed by atoms with Gasteiger partial charge < -0.3 is 16.3 Å². The van der Waals surface area contributed by atoms with Crippen LogP contribution in [0, 0.1) is 12.7 Å². The standard InChI is InChI=1S/C15H14FN3O2/c1-9-5-6-13(16)12(7-9)15(20)18-11-4-2-3-10(8-11)14(17)19-21/h2-8,21H,1H3,(H2,17,19)(H,18,20). The van der Waals surface area contributed by atoms with Crippen molar-refractivity contribution < 1.29 is 14.4 Å². The highest BCUT2D eigenvalue weighted by molar-refractivity contribution is 6.05. The number of nitrogens with two attached hydrogens (primary N) is 1. The van der Waals surface area contributed by atoms with Crippen molar-refractivity contribution in [3.8, 4) is 0 Å². The predicted octanol–water partition coefficient (Wildman–Crippen LogP) is 2.48. The molecule has 0 unspecified atom stereocenters. The molecular weight excluding hydrogens is 273 g/mol. The monoisotopic (exact) mass is 287 g/mol. The second kappa shape index (κ2) is 6.04. The van der Waals surface area contributed by atoms with Crippen LogP contribution in [0.2, 0.25) is 0 Å². The van der Waals surface area contributed by atoms with Crippen LogP contribution in [-0.2, 0) is 0 Å². The van der Waals surface area contributed by atoms with Crippen LogP contribution in [0.4, 0.5) is 10.1 Å². The number of rotatable bonds is 3. The molecule has 6 heteroatoms. The molecule has 2 rings (SSSR count). The minimum atomic E-state index is -0.592. The summed E-state index contributed by atoms with van der Waals surface area (Å²) in [5, 5.41) is 14.1. The number of hydrogen-bond acceptors (Lipinski definition) is 3. The van der Waals surface area contributed by atoms with Gasteiger partial charge in [0.1, 0.15) is 5.82 Å². The Kier molecular flexibility index (Phi) is 4.18. The van der Waals surface area contributed by atoms with E-state index >= 15 is 0 Å². The van der Waals surface area contributed by atoms with Gasteiger partial charge in [-0.2, -0.15) is 0 Å². The quantitative estimate of drug-likeness (QED) is 0.351. The van der Waals surface area contributed by atoms with Crippen molar-refractivity contribution in [2.75, 3.05) is 5.32 Å². The SMILES string of the molecule is Cc1ccc(F)c(C(=O)Nc2cccc(C(N)=NO)c2)c1. The fourth-order valence-electron chi connectivity index (χ4n) is 1.83. The number of halogens is 1. The Morgan fingerprint density at radius 1 is 1.29 bits per heavy atom. The zero-order valence-electron chi connectivity index (χ0n) is 11.3. The Morgan fingerprint density at radius 2 is 2.05 bits per heavy atom. The summed E-state index contributed by atoms with van der Waals surface area (Å²) in [6.07, 6.45) is 0. The van der Waals surface area contributed by atoms with E-state index in [2.05, 4.69) is 10.5 Å². The molecule has 0 aliphatic heterocycles. The van der Waals surface area contributed by atoms with Crippen molar-refractivity contribution in [3.05, 3.63) is 65.0 Å². The smallest absolute Gasteiger partial charge is 0.258 e. The van der Waals surface area contributed by atoms with Crippen LogP contribution in [-0.4, -0.2) is 17.0 Å². The largest absolute Gasteiger partial charge is 0.409 e. The second-order valence-electron chi connectivity index (χ2n) is 4.50. The molecule has 0 spiro atoms. The number of nitrogens with zero attached hydrogens (tertiary/aromatic N) is 1. The first-order valence-electron chi connectivity index (χ1n) is 6.16. The van der Waals surface area contributed by atoms with E-state index < -0.39 is 11.7 Å². The number of hydrogen-bond donors (Lipinski definition) is 3. The number of aryl methyl sites for hydroxylation is 1. The molecule has 0 aliphatic carbocycles. The molecule has 1 amide bonds. The average Bonchev–Trinajstić information content (AvgIpc) is 2.49. The Morgan fingerprint density at radius 3 is 2.76 bits per heavy atom. The van der Waals surface area contributed by atoms with Crippen molar-refractivity contribution in [1.82, 2.24) is 0 Å². The number of carbonyl (C=O) groups is 1. The number of benzene rings is 2. The van der Waals surface area contributed by atoms with Gasteiger partial charge in [-0.15, -0.1) is 0 Å². The Hall–Kier alpha value is -2.89. The number of oxime groups is 1. The van der Waals surface area contributed by atoms with Crippen LogP contribution in [0.15, 0.2) is 47.6 Å². The minimum absolute atomic E-state index is 0.0378. The Balaban J connectivity index is 2.26. The molecule has 0 fully saturated rings. The van der Waals surface area contributed by atoms with Gasteiger partial charge in [0.15, 0.2) is 5.84 Å². The lowest BCUT2D eigenvalue weighted by molar-refractivity contribution is 0.102. The fraction of sp³-hybridized carbons (Fsp3) is 0.0667. The van der Waals surface area contributed by atoms with Gasteiger partial charge in [-0.3, -0.25) is 4.79 Å². The number of amidine groups is 1. The molecule has 21 heavy (non-hydrogen) atoms. The number of anilines is 1. The van der Waals surface area contributed by atoms with E-state index in [0.717, 1.165) is 5.56 Å². The van der Waals surface area contributed by atoms with E-state index in [1.807, 2.05) is 0 Å². The molecule has 0 aliphatic rings. The predicted molar refractivity (Wildman–Crippen MR) is 78.0 cm³/mol. The van der Waals surface area contributed by atoms with Gasteiger partial charge in [0.05, 0.1) is 5.56 Å². The highest BCUT2D eigenvalue weighted by Crippen LogP contribution is 2.15. The van der Waals surface area contributed by atoms with Crippen molar-refractivity contribution in [2.24, 2.45) is 10.9 Å². The van der Waals surface area contributed by atoms with Gasteiger partial charge in [-0.25, -0.2) is 4.39 Å². The summed E-state index contributed by atoms with van der Waals surface area (Å²) in [6.45, 7) is 1.77. The molecule has 108 valence electrons. The molecule has 4 N–H and O–H groups in total. The lowest BCUT2D eigenvalue weighted by Crippen LogP contribution is -2.16. The van der Waals surface area contributed by atoms with Crippen molar-refractivity contribution in [1.29, 1.82) is 0 Å². The van der Waals surface area contributed by atoms with Gasteiger partial charge in [-0.1, -0.05) is 28.9 Å². The van der Waals surface area contributed by atoms with Crippen LogP contribution in [0.5, 0.6) is 0 Å². The highest BCUT2D eigenvalue weighted by Gasteiger charge is 2.12. The van der Waals surface area contributed by atoms with E-state index in [1.54, 1.807) is 31.2 Å². The summed E-state index contributed by atoms with van der Waals surface area (Å²) < 4.78 is 13.7. The third-order valence-electron chi connectivity index (χ3n) is 2.89. The van der Waals surface area contributed by atoms with Crippen LogP contribution in [0.3, 0.4) is 0 Å². The molecule has 2 aromatic rings. The van der Waals surface area contributed by atoms with Gasteiger partial charge in [-0.05, 0) is 31.2 Å². The summed E-state index contributed by atoms with van der Waals surface area (Å²) in [6, 6.07) is 10.7. The molecule has 2 aromatic carbocycles. The first-order chi connectivity index (χ1) is 10.0. The maximum atomic E-state index is 13.7. The third-order valence-corrected chi connectivity index (χ3v) is 2.89. The summed E-state index contributed by atoms with van der Waals surface area (Å²) >= 11 is 0. The third kappa shape index (κ3) is 3.36. The second-order valence-corrected chi connectivity index (χ2v) is 4.50. The Labute approximate surface area is 120 Å². The van der Waals surface area contributed by atoms with E-state index in [4.69, 9.17) is 10.9 Å². The van der Waals surface area contributed by atoms with Crippen LogP contribution >= 0.6 is 0 Å². The number of carbonyl (C=O) groups excluding carboxylic acids is 1. The molecule has 0 saturated heterocycles. The van der Waals surface area contributed by atoms with Gasteiger partial charge >= 0.3 is 0 Å². The molecule has 0 radical (unpaired) electrons. The Bertz CT molecular complexity index is 714. The maximum absolute atomic E-state index is 13.7. The van der Waals surface area contributed by atoms with E-state index in [-0.39, 0.29) is 11.4 Å². The zero-order valence-corrected chi connectivity index (χ0v) is 11.3. The number of nitrogens with one attached hydrogen (secondary N) is 1. The van der Waals surface area contributed by atoms with Crippen molar-refractivity contribution in [3.63, 3.8) is 0 Å². The van der Waals surface area contributed by atoms with Crippen LogP contribution < -0.4 is 11.1 Å². The summed E-state index contributed by atoms with van der Waals surface area (Å²) in [5.74, 6) is -1.23. The lowest BCUT2D eigenvalue weighted by atomic mass is 10.1. The summed E-state index contributed by atoms with van der Waals surface area (Å²) in [4.78, 5) is 12.1. The first kappa shape index (κ1) is 14.5. The maximum Gasteiger partial charge on any atom is 0.258 e. The highest BCUT2D eigenvalue weighted by atomic mass is 19.1. The lowest BCUT2D eigenvalue weighted by Gasteiger charge is -2.08. The summed E-state index contributed by atoms with van der Waals surface area (Å²) in [7, 11) is 0. The van der Waals surface area contributed by atoms with E-state index in [0.29, 0.717) is 11.3 Å². The molecule has 0 atom stereocenters. The van der Waals surface area contributed by atoms with E-state index in [9.17, 15) is 9.18 Å². The summed E-state index contributed by atoms with van der Waals surface area (Å²) in [5.41, 5.74) is 7.09. The van der Waals surface area contributed by atoms with Crippen LogP contribution in [0.1, 0.15) is 21.5 Å². The molecule has 5 nitrogen and oxygen atoms in total. The first-order valence-corrected chi connectivity index (χ1v) is 6.16. The minimum Gasteiger partial charge on any atom is -0.409 e. The normalized spacial score (nSPS) is 11.2. The van der Waals surface area contributed by atoms with Crippen LogP contribution in [0.25, 0.3) is 0 Å².